The lowest BCUT2D eigenvalue weighted by Gasteiger charge is -2.42. The molecule has 0 saturated carbocycles. The van der Waals surface area contributed by atoms with Crippen molar-refractivity contribution in [2.75, 3.05) is 27.3 Å². The van der Waals surface area contributed by atoms with Gasteiger partial charge in [-0.15, -0.1) is 0 Å². The summed E-state index contributed by atoms with van der Waals surface area (Å²) in [7, 11) is 4.15. The van der Waals surface area contributed by atoms with Crippen molar-refractivity contribution in [3.8, 4) is 11.5 Å². The predicted octanol–water partition coefficient (Wildman–Crippen LogP) is 1.69. The van der Waals surface area contributed by atoms with Crippen LogP contribution in [0.4, 0.5) is 0 Å². The van der Waals surface area contributed by atoms with E-state index in [2.05, 4.69) is 44.3 Å². The maximum absolute atomic E-state index is 5.83. The Morgan fingerprint density at radius 3 is 2.50 bits per heavy atom. The Hall–Kier alpha value is -1.30. The number of fused-ring (bicyclic) bond motifs is 1. The number of likely N-dealkylation sites (N-methyl/N-ethyl adjacent to an activating group) is 1. The van der Waals surface area contributed by atoms with E-state index in [0.717, 1.165) is 23.5 Å². The molecule has 2 unspecified atom stereocenters. The number of rotatable bonds is 5. The number of hydrogen-bond acceptors (Lipinski definition) is 5. The van der Waals surface area contributed by atoms with Crippen molar-refractivity contribution in [1.82, 2.24) is 10.3 Å². The smallest absolute Gasteiger partial charge is 0.161 e. The summed E-state index contributed by atoms with van der Waals surface area (Å²) in [6.45, 7) is 5.57. The minimum atomic E-state index is -0.0848. The van der Waals surface area contributed by atoms with Crippen LogP contribution >= 0.6 is 0 Å². The normalized spacial score (nSPS) is 18.7. The molecule has 5 heteroatoms. The van der Waals surface area contributed by atoms with E-state index < -0.39 is 0 Å². The van der Waals surface area contributed by atoms with E-state index in [1.165, 1.54) is 0 Å². The van der Waals surface area contributed by atoms with Gasteiger partial charge in [0.15, 0.2) is 11.5 Å². The van der Waals surface area contributed by atoms with Gasteiger partial charge in [0, 0.05) is 5.54 Å². The van der Waals surface area contributed by atoms with Crippen LogP contribution in [-0.4, -0.2) is 37.7 Å². The molecular formula is C15H25N3O2. The Balaban J connectivity index is 2.36. The number of nitrogens with one attached hydrogen (secondary N) is 1. The third kappa shape index (κ3) is 2.61. The van der Waals surface area contributed by atoms with E-state index in [0.29, 0.717) is 13.2 Å². The summed E-state index contributed by atoms with van der Waals surface area (Å²) in [5.41, 5.74) is 3.98. The number of nitrogens with zero attached hydrogens (tertiary/aromatic N) is 1. The van der Waals surface area contributed by atoms with Gasteiger partial charge in [0.25, 0.3) is 0 Å². The van der Waals surface area contributed by atoms with Crippen LogP contribution in [-0.2, 0) is 0 Å². The maximum atomic E-state index is 5.83. The Morgan fingerprint density at radius 2 is 1.95 bits per heavy atom. The number of hydrazine groups is 1. The fourth-order valence-electron chi connectivity index (χ4n) is 2.65. The lowest BCUT2D eigenvalue weighted by atomic mass is 9.83. The molecule has 0 aliphatic carbocycles. The highest BCUT2D eigenvalue weighted by Gasteiger charge is 2.35. The van der Waals surface area contributed by atoms with Gasteiger partial charge in [0.1, 0.15) is 13.2 Å². The monoisotopic (exact) mass is 279 g/mol. The van der Waals surface area contributed by atoms with Gasteiger partial charge in [-0.3, -0.25) is 11.3 Å². The molecule has 0 aromatic heterocycles. The van der Waals surface area contributed by atoms with Crippen LogP contribution in [0.1, 0.15) is 31.9 Å². The van der Waals surface area contributed by atoms with Gasteiger partial charge in [0.2, 0.25) is 0 Å². The summed E-state index contributed by atoms with van der Waals surface area (Å²) < 4.78 is 11.2. The van der Waals surface area contributed by atoms with Crippen molar-refractivity contribution in [3.63, 3.8) is 0 Å². The molecule has 2 rings (SSSR count). The van der Waals surface area contributed by atoms with Crippen LogP contribution in [0.15, 0.2) is 18.2 Å². The first-order valence-electron chi connectivity index (χ1n) is 7.06. The minimum Gasteiger partial charge on any atom is -0.486 e. The van der Waals surface area contributed by atoms with Gasteiger partial charge in [-0.1, -0.05) is 13.0 Å². The lowest BCUT2D eigenvalue weighted by molar-refractivity contribution is 0.112. The number of hydrogen-bond donors (Lipinski definition) is 2. The Labute approximate surface area is 121 Å². The molecule has 0 amide bonds. The lowest BCUT2D eigenvalue weighted by Crippen LogP contribution is -2.53. The molecule has 0 spiro atoms. The molecule has 20 heavy (non-hydrogen) atoms. The van der Waals surface area contributed by atoms with Gasteiger partial charge in [-0.05, 0) is 45.1 Å². The predicted molar refractivity (Wildman–Crippen MR) is 79.9 cm³/mol. The summed E-state index contributed by atoms with van der Waals surface area (Å²) in [6.07, 6.45) is 0.976. The summed E-state index contributed by atoms with van der Waals surface area (Å²) >= 11 is 0. The molecule has 5 nitrogen and oxygen atoms in total. The van der Waals surface area contributed by atoms with Gasteiger partial charge >= 0.3 is 0 Å². The van der Waals surface area contributed by atoms with Crippen molar-refractivity contribution in [2.45, 2.75) is 31.8 Å². The molecule has 1 aliphatic rings. The van der Waals surface area contributed by atoms with Gasteiger partial charge in [0.05, 0.1) is 6.04 Å². The molecule has 0 fully saturated rings. The largest absolute Gasteiger partial charge is 0.486 e. The second-order valence-electron chi connectivity index (χ2n) is 5.61. The maximum Gasteiger partial charge on any atom is 0.161 e. The first-order valence-corrected chi connectivity index (χ1v) is 7.06. The topological polar surface area (TPSA) is 59.8 Å². The van der Waals surface area contributed by atoms with Crippen molar-refractivity contribution in [2.24, 2.45) is 5.84 Å². The molecule has 2 atom stereocenters. The molecule has 1 aliphatic heterocycles. The van der Waals surface area contributed by atoms with E-state index in [1.54, 1.807) is 0 Å². The minimum absolute atomic E-state index is 0.0123. The highest BCUT2D eigenvalue weighted by Crippen LogP contribution is 2.37. The van der Waals surface area contributed by atoms with E-state index in [1.807, 2.05) is 12.1 Å². The van der Waals surface area contributed by atoms with E-state index in [9.17, 15) is 0 Å². The molecule has 0 saturated heterocycles. The molecule has 1 heterocycles. The van der Waals surface area contributed by atoms with E-state index >= 15 is 0 Å². The third-order valence-corrected chi connectivity index (χ3v) is 4.43. The summed E-state index contributed by atoms with van der Waals surface area (Å²) in [5.74, 6) is 7.43. The second kappa shape index (κ2) is 5.99. The molecule has 1 aromatic carbocycles. The SMILES string of the molecule is CCC(C)(C(NN)c1ccc2c(c1)OCCO2)N(C)C. The first kappa shape index (κ1) is 15.1. The number of nitrogens with two attached hydrogens (primary N) is 1. The number of ether oxygens (including phenoxy) is 2. The van der Waals surface area contributed by atoms with E-state index in [-0.39, 0.29) is 11.6 Å². The fourth-order valence-corrected chi connectivity index (χ4v) is 2.65. The van der Waals surface area contributed by atoms with Gasteiger partial charge in [-0.25, -0.2) is 0 Å². The molecule has 3 N–H and O–H groups in total. The molecule has 112 valence electrons. The zero-order valence-corrected chi connectivity index (χ0v) is 12.8. The van der Waals surface area contributed by atoms with Gasteiger partial charge in [-0.2, -0.15) is 0 Å². The zero-order chi connectivity index (χ0) is 14.8. The van der Waals surface area contributed by atoms with Crippen LogP contribution in [0, 0.1) is 0 Å². The standard InChI is InChI=1S/C15H25N3O2/c1-5-15(2,18(3)4)14(17-16)11-6-7-12-13(10-11)20-9-8-19-12/h6-7,10,14,17H,5,8-9,16H2,1-4H3. The van der Waals surface area contributed by atoms with Crippen LogP contribution in [0.2, 0.25) is 0 Å². The molecule has 1 aromatic rings. The van der Waals surface area contributed by atoms with Crippen LogP contribution in [0.25, 0.3) is 0 Å². The average Bonchev–Trinajstić information content (AvgIpc) is 2.47. The van der Waals surface area contributed by atoms with Gasteiger partial charge < -0.3 is 14.4 Å². The summed E-state index contributed by atoms with van der Waals surface area (Å²) in [5, 5.41) is 0. The van der Waals surface area contributed by atoms with Crippen LogP contribution in [0.3, 0.4) is 0 Å². The quantitative estimate of drug-likeness (QED) is 0.634. The van der Waals surface area contributed by atoms with Crippen molar-refractivity contribution >= 4 is 0 Å². The highest BCUT2D eigenvalue weighted by atomic mass is 16.6. The van der Waals surface area contributed by atoms with Crippen molar-refractivity contribution in [1.29, 1.82) is 0 Å². The number of benzene rings is 1. The molecule has 0 radical (unpaired) electrons. The van der Waals surface area contributed by atoms with Crippen molar-refractivity contribution < 1.29 is 9.47 Å². The third-order valence-electron chi connectivity index (χ3n) is 4.43. The Bertz CT molecular complexity index is 464. The van der Waals surface area contributed by atoms with Crippen molar-refractivity contribution in [3.05, 3.63) is 23.8 Å². The van der Waals surface area contributed by atoms with Crippen LogP contribution in [0.5, 0.6) is 11.5 Å². The Kier molecular flexibility index (Phi) is 4.52. The Morgan fingerprint density at radius 1 is 1.30 bits per heavy atom. The molecular weight excluding hydrogens is 254 g/mol. The summed E-state index contributed by atoms with van der Waals surface area (Å²) in [6, 6.07) is 6.05. The average molecular weight is 279 g/mol. The first-order chi connectivity index (χ1) is 9.52. The summed E-state index contributed by atoms with van der Waals surface area (Å²) in [4.78, 5) is 2.20. The highest BCUT2D eigenvalue weighted by molar-refractivity contribution is 5.45. The van der Waals surface area contributed by atoms with E-state index in [4.69, 9.17) is 15.3 Å². The zero-order valence-electron chi connectivity index (χ0n) is 12.8. The molecule has 0 bridgehead atoms. The fraction of sp³-hybridized carbons (Fsp3) is 0.600. The second-order valence-corrected chi connectivity index (χ2v) is 5.61. The van der Waals surface area contributed by atoms with Crippen LogP contribution < -0.4 is 20.7 Å².